The molecule has 0 aliphatic heterocycles. The van der Waals surface area contributed by atoms with Gasteiger partial charge in [-0.25, -0.2) is 0 Å². The smallest absolute Gasteiger partial charge is 0.315 e. The molecule has 0 aromatic heterocycles. The van der Waals surface area contributed by atoms with Crippen molar-refractivity contribution in [2.45, 2.75) is 26.2 Å². The van der Waals surface area contributed by atoms with Crippen molar-refractivity contribution in [2.24, 2.45) is 0 Å². The molecule has 2 aromatic carbocycles. The monoisotopic (exact) mass is 242 g/mol. The number of rotatable bonds is 3. The van der Waals surface area contributed by atoms with Gasteiger partial charge in [-0.3, -0.25) is 4.79 Å². The van der Waals surface area contributed by atoms with Crippen molar-refractivity contribution in [3.8, 4) is 0 Å². The van der Waals surface area contributed by atoms with E-state index in [-0.39, 0.29) is 5.97 Å². The zero-order valence-electron chi connectivity index (χ0n) is 11.1. The molecule has 2 rings (SSSR count). The summed E-state index contributed by atoms with van der Waals surface area (Å²) in [5.41, 5.74) is 0.385. The van der Waals surface area contributed by atoms with Gasteiger partial charge < -0.3 is 4.74 Å². The van der Waals surface area contributed by atoms with E-state index in [4.69, 9.17) is 4.74 Å². The number of carbonyl (C=O) groups is 1. The van der Waals surface area contributed by atoms with E-state index in [1.807, 2.05) is 51.1 Å². The first-order valence-electron chi connectivity index (χ1n) is 6.23. The molecular weight excluding hydrogens is 224 g/mol. The van der Waals surface area contributed by atoms with Gasteiger partial charge in [0.15, 0.2) is 0 Å². The Balaban J connectivity index is 2.56. The molecule has 0 N–H and O–H groups in total. The topological polar surface area (TPSA) is 26.3 Å². The van der Waals surface area contributed by atoms with Crippen LogP contribution in [0.4, 0.5) is 0 Å². The molecule has 0 aliphatic carbocycles. The van der Waals surface area contributed by atoms with E-state index >= 15 is 0 Å². The van der Waals surface area contributed by atoms with E-state index in [0.29, 0.717) is 6.61 Å². The van der Waals surface area contributed by atoms with Crippen molar-refractivity contribution in [1.82, 2.24) is 0 Å². The molecule has 0 radical (unpaired) electrons. The van der Waals surface area contributed by atoms with Gasteiger partial charge in [0, 0.05) is 0 Å². The summed E-state index contributed by atoms with van der Waals surface area (Å²) >= 11 is 0. The lowest BCUT2D eigenvalue weighted by Crippen LogP contribution is -2.31. The third kappa shape index (κ3) is 2.10. The second-order valence-corrected chi connectivity index (χ2v) is 4.87. The molecule has 0 amide bonds. The molecule has 18 heavy (non-hydrogen) atoms. The Hall–Kier alpha value is -1.83. The van der Waals surface area contributed by atoms with Crippen LogP contribution in [-0.2, 0) is 14.9 Å². The first-order chi connectivity index (χ1) is 8.57. The van der Waals surface area contributed by atoms with Crippen LogP contribution in [0.15, 0.2) is 42.5 Å². The minimum absolute atomic E-state index is 0.179. The second kappa shape index (κ2) is 4.81. The van der Waals surface area contributed by atoms with Crippen molar-refractivity contribution in [1.29, 1.82) is 0 Å². The highest BCUT2D eigenvalue weighted by Crippen LogP contribution is 2.31. The Morgan fingerprint density at radius 1 is 1.11 bits per heavy atom. The number of esters is 1. The maximum absolute atomic E-state index is 12.1. The van der Waals surface area contributed by atoms with Gasteiger partial charge in [0.25, 0.3) is 0 Å². The highest BCUT2D eigenvalue weighted by atomic mass is 16.5. The van der Waals surface area contributed by atoms with Gasteiger partial charge >= 0.3 is 5.97 Å². The lowest BCUT2D eigenvalue weighted by Gasteiger charge is -2.24. The predicted octanol–water partition coefficient (Wildman–Crippen LogP) is 3.68. The minimum atomic E-state index is -0.628. The van der Waals surface area contributed by atoms with Crippen LogP contribution in [0.25, 0.3) is 10.8 Å². The molecule has 94 valence electrons. The van der Waals surface area contributed by atoms with Crippen LogP contribution >= 0.6 is 0 Å². The maximum atomic E-state index is 12.1. The molecule has 0 saturated carbocycles. The average molecular weight is 242 g/mol. The van der Waals surface area contributed by atoms with Crippen molar-refractivity contribution in [3.63, 3.8) is 0 Å². The quantitative estimate of drug-likeness (QED) is 0.767. The van der Waals surface area contributed by atoms with Crippen molar-refractivity contribution in [3.05, 3.63) is 48.0 Å². The summed E-state index contributed by atoms with van der Waals surface area (Å²) < 4.78 is 5.17. The summed E-state index contributed by atoms with van der Waals surface area (Å²) in [4.78, 5) is 12.1. The van der Waals surface area contributed by atoms with Crippen LogP contribution in [0.1, 0.15) is 26.3 Å². The molecule has 2 aromatic rings. The Morgan fingerprint density at radius 2 is 1.78 bits per heavy atom. The third-order valence-corrected chi connectivity index (χ3v) is 3.25. The fourth-order valence-electron chi connectivity index (χ4n) is 2.19. The van der Waals surface area contributed by atoms with E-state index in [1.54, 1.807) is 0 Å². The van der Waals surface area contributed by atoms with Crippen LogP contribution in [0.2, 0.25) is 0 Å². The van der Waals surface area contributed by atoms with Crippen LogP contribution in [0.5, 0.6) is 0 Å². The molecule has 0 spiro atoms. The van der Waals surface area contributed by atoms with Gasteiger partial charge in [-0.2, -0.15) is 0 Å². The summed E-state index contributed by atoms with van der Waals surface area (Å²) in [5, 5.41) is 2.26. The molecule has 0 bridgehead atoms. The normalized spacial score (nSPS) is 11.5. The van der Waals surface area contributed by atoms with Gasteiger partial charge in [-0.05, 0) is 37.1 Å². The van der Waals surface area contributed by atoms with Gasteiger partial charge in [-0.15, -0.1) is 0 Å². The highest BCUT2D eigenvalue weighted by Gasteiger charge is 2.32. The van der Waals surface area contributed by atoms with Crippen LogP contribution < -0.4 is 0 Å². The molecule has 2 heteroatoms. The Labute approximate surface area is 108 Å². The Bertz CT molecular complexity index is 565. The minimum Gasteiger partial charge on any atom is -0.465 e. The molecular formula is C16H18O2. The largest absolute Gasteiger partial charge is 0.465 e. The van der Waals surface area contributed by atoms with Crippen molar-refractivity contribution < 1.29 is 9.53 Å². The SMILES string of the molecule is CCOC(=O)C(C)(C)c1cccc2ccccc12. The molecule has 0 fully saturated rings. The fourth-order valence-corrected chi connectivity index (χ4v) is 2.19. The van der Waals surface area contributed by atoms with Crippen LogP contribution in [-0.4, -0.2) is 12.6 Å². The average Bonchev–Trinajstić information content (AvgIpc) is 2.38. The Morgan fingerprint density at radius 3 is 2.50 bits per heavy atom. The summed E-state index contributed by atoms with van der Waals surface area (Å²) in [7, 11) is 0. The van der Waals surface area contributed by atoms with Gasteiger partial charge in [-0.1, -0.05) is 42.5 Å². The second-order valence-electron chi connectivity index (χ2n) is 4.87. The predicted molar refractivity (Wildman–Crippen MR) is 73.6 cm³/mol. The number of ether oxygens (including phenoxy) is 1. The van der Waals surface area contributed by atoms with Crippen LogP contribution in [0.3, 0.4) is 0 Å². The number of fused-ring (bicyclic) bond motifs is 1. The molecule has 0 atom stereocenters. The van der Waals surface area contributed by atoms with Gasteiger partial charge in [0.1, 0.15) is 0 Å². The van der Waals surface area contributed by atoms with E-state index in [2.05, 4.69) is 12.1 Å². The summed E-state index contributed by atoms with van der Waals surface area (Å²) in [6.07, 6.45) is 0. The van der Waals surface area contributed by atoms with E-state index in [1.165, 1.54) is 0 Å². The molecule has 0 saturated heterocycles. The van der Waals surface area contributed by atoms with E-state index < -0.39 is 5.41 Å². The lowest BCUT2D eigenvalue weighted by atomic mass is 9.82. The maximum Gasteiger partial charge on any atom is 0.315 e. The number of benzene rings is 2. The van der Waals surface area contributed by atoms with Gasteiger partial charge in [0.2, 0.25) is 0 Å². The molecule has 0 heterocycles. The summed E-state index contributed by atoms with van der Waals surface area (Å²) in [6, 6.07) is 14.1. The van der Waals surface area contributed by atoms with Gasteiger partial charge in [0.05, 0.1) is 12.0 Å². The molecule has 0 aliphatic rings. The fraction of sp³-hybridized carbons (Fsp3) is 0.312. The standard InChI is InChI=1S/C16H18O2/c1-4-18-15(17)16(2,3)14-11-7-9-12-8-5-6-10-13(12)14/h5-11H,4H2,1-3H3. The first kappa shape index (κ1) is 12.6. The highest BCUT2D eigenvalue weighted by molar-refractivity contribution is 5.93. The number of hydrogen-bond donors (Lipinski definition) is 0. The summed E-state index contributed by atoms with van der Waals surface area (Å²) in [5.74, 6) is -0.179. The zero-order chi connectivity index (χ0) is 13.2. The van der Waals surface area contributed by atoms with E-state index in [9.17, 15) is 4.79 Å². The third-order valence-electron chi connectivity index (χ3n) is 3.25. The lowest BCUT2D eigenvalue weighted by molar-refractivity contribution is -0.148. The molecule has 0 unspecified atom stereocenters. The van der Waals surface area contributed by atoms with Crippen molar-refractivity contribution >= 4 is 16.7 Å². The summed E-state index contributed by atoms with van der Waals surface area (Å²) in [6.45, 7) is 6.06. The van der Waals surface area contributed by atoms with E-state index in [0.717, 1.165) is 16.3 Å². The Kier molecular flexibility index (Phi) is 3.37. The number of carbonyl (C=O) groups excluding carboxylic acids is 1. The molecule has 2 nitrogen and oxygen atoms in total. The van der Waals surface area contributed by atoms with Crippen LogP contribution in [0, 0.1) is 0 Å². The zero-order valence-corrected chi connectivity index (χ0v) is 11.1. The first-order valence-corrected chi connectivity index (χ1v) is 6.23. The number of hydrogen-bond acceptors (Lipinski definition) is 2. The van der Waals surface area contributed by atoms with Crippen molar-refractivity contribution in [2.75, 3.05) is 6.61 Å².